The highest BCUT2D eigenvalue weighted by Gasteiger charge is 2.43. The molecule has 1 aliphatic rings. The quantitative estimate of drug-likeness (QED) is 0.346. The summed E-state index contributed by atoms with van der Waals surface area (Å²) in [6.45, 7) is 10.6. The van der Waals surface area contributed by atoms with Crippen LogP contribution in [0.15, 0.2) is 0 Å². The van der Waals surface area contributed by atoms with Crippen molar-refractivity contribution in [1.29, 1.82) is 0 Å². The van der Waals surface area contributed by atoms with Crippen LogP contribution in [0.5, 0.6) is 0 Å². The third-order valence-corrected chi connectivity index (χ3v) is 4.84. The molecule has 26 heavy (non-hydrogen) atoms. The molecule has 8 nitrogen and oxygen atoms in total. The largest absolute Gasteiger partial charge is 0.444 e. The Morgan fingerprint density at radius 3 is 2.19 bits per heavy atom. The van der Waals surface area contributed by atoms with Crippen molar-refractivity contribution in [2.75, 3.05) is 6.61 Å². The summed E-state index contributed by atoms with van der Waals surface area (Å²) in [4.78, 5) is 25.0. The Hall–Kier alpha value is -0.650. The molecule has 0 radical (unpaired) electrons. The zero-order valence-electron chi connectivity index (χ0n) is 16.2. The van der Waals surface area contributed by atoms with Crippen molar-refractivity contribution < 1.29 is 29.3 Å². The first-order valence-electron chi connectivity index (χ1n) is 8.63. The predicted molar refractivity (Wildman–Crippen MR) is 105 cm³/mol. The lowest BCUT2D eigenvalue weighted by Crippen LogP contribution is -2.57. The lowest BCUT2D eigenvalue weighted by Gasteiger charge is -2.33. The van der Waals surface area contributed by atoms with Crippen molar-refractivity contribution in [1.82, 2.24) is 10.6 Å². The van der Waals surface area contributed by atoms with E-state index in [2.05, 4.69) is 10.6 Å². The van der Waals surface area contributed by atoms with E-state index in [1.165, 1.54) is 0 Å². The van der Waals surface area contributed by atoms with Crippen LogP contribution in [0.25, 0.3) is 0 Å². The number of aliphatic hydroxyl groups excluding tert-OH is 2. The van der Waals surface area contributed by atoms with Gasteiger partial charge >= 0.3 is 6.09 Å². The van der Waals surface area contributed by atoms with Gasteiger partial charge in [-0.2, -0.15) is 0 Å². The van der Waals surface area contributed by atoms with Crippen molar-refractivity contribution >= 4 is 34.6 Å². The molecule has 1 saturated heterocycles. The molecule has 1 unspecified atom stereocenters. The Morgan fingerprint density at radius 1 is 1.23 bits per heavy atom. The Balaban J connectivity index is 2.96. The van der Waals surface area contributed by atoms with Crippen LogP contribution in [0.4, 0.5) is 4.79 Å². The van der Waals surface area contributed by atoms with E-state index in [1.807, 2.05) is 43.4 Å². The van der Waals surface area contributed by atoms with E-state index in [-0.39, 0.29) is 16.1 Å². The number of alkyl carbamates (subject to hydrolysis) is 1. The monoisotopic (exact) mass is 486 g/mol. The molecule has 0 saturated carbocycles. The van der Waals surface area contributed by atoms with Gasteiger partial charge in [-0.3, -0.25) is 4.79 Å². The Kier molecular flexibility index (Phi) is 8.12. The van der Waals surface area contributed by atoms with Gasteiger partial charge in [-0.15, -0.1) is 0 Å². The Labute approximate surface area is 168 Å². The van der Waals surface area contributed by atoms with Crippen LogP contribution in [-0.4, -0.2) is 56.9 Å². The summed E-state index contributed by atoms with van der Waals surface area (Å²) in [5.41, 5.74) is -1.10. The molecule has 0 bridgehead atoms. The molecule has 1 aliphatic heterocycles. The van der Waals surface area contributed by atoms with Crippen LogP contribution in [0.3, 0.4) is 0 Å². The minimum atomic E-state index is -1.18. The molecule has 1 fully saturated rings. The number of hydrogen-bond donors (Lipinski definition) is 4. The maximum atomic E-state index is 12.8. The van der Waals surface area contributed by atoms with Crippen molar-refractivity contribution in [2.24, 2.45) is 11.3 Å². The third-order valence-electron chi connectivity index (χ3n) is 4.04. The van der Waals surface area contributed by atoms with Gasteiger partial charge in [-0.25, -0.2) is 4.79 Å². The minimum absolute atomic E-state index is 0.243. The van der Waals surface area contributed by atoms with E-state index >= 15 is 0 Å². The van der Waals surface area contributed by atoms with Crippen LogP contribution < -0.4 is 10.6 Å². The molecule has 1 rings (SSSR count). The number of carbonyl (C=O) groups is 2. The molecule has 0 aliphatic carbocycles. The van der Waals surface area contributed by atoms with Gasteiger partial charge in [0.05, 0.1) is 12.6 Å². The van der Waals surface area contributed by atoms with Gasteiger partial charge in [-0.1, -0.05) is 43.4 Å². The molecule has 0 aromatic rings. The fourth-order valence-corrected chi connectivity index (χ4v) is 3.43. The molecule has 2 amide bonds. The first-order chi connectivity index (χ1) is 11.7. The number of rotatable bonds is 5. The highest BCUT2D eigenvalue weighted by molar-refractivity contribution is 14.1. The first kappa shape index (κ1) is 23.4. The molecule has 0 aromatic carbocycles. The van der Waals surface area contributed by atoms with Crippen molar-refractivity contribution in [2.45, 2.75) is 76.0 Å². The number of ether oxygens (including phenoxy) is 2. The second-order valence-electron chi connectivity index (χ2n) is 8.57. The standard InChI is InChI=1S/C17H31IN2O6/c1-16(2,3)10(8-21)19-13(22)12(9-7-11(18)25-14(9)23)20-15(24)26-17(4,5)6/h9-12,14,21,23H,7-8H2,1-6H3,(H,19,22)(H,20,24)/t9-,10+,11+,12+,14?/m0/s1. The molecule has 4 N–H and O–H groups in total. The van der Waals surface area contributed by atoms with E-state index < -0.39 is 41.9 Å². The third kappa shape index (κ3) is 7.16. The Bertz CT molecular complexity index is 502. The summed E-state index contributed by atoms with van der Waals surface area (Å²) < 4.78 is 10.3. The number of hydrogen-bond acceptors (Lipinski definition) is 6. The molecule has 152 valence electrons. The topological polar surface area (TPSA) is 117 Å². The highest BCUT2D eigenvalue weighted by Crippen LogP contribution is 2.32. The summed E-state index contributed by atoms with van der Waals surface area (Å²) in [5, 5.41) is 25.0. The maximum absolute atomic E-state index is 12.8. The molecular formula is C17H31IN2O6. The highest BCUT2D eigenvalue weighted by atomic mass is 127. The summed E-state index contributed by atoms with van der Waals surface area (Å²) >= 11 is 2.02. The molecule has 0 spiro atoms. The molecule has 5 atom stereocenters. The number of aliphatic hydroxyl groups is 2. The first-order valence-corrected chi connectivity index (χ1v) is 9.87. The van der Waals surface area contributed by atoms with E-state index in [4.69, 9.17) is 9.47 Å². The number of carbonyl (C=O) groups excluding carboxylic acids is 2. The summed E-state index contributed by atoms with van der Waals surface area (Å²) in [5.74, 6) is -1.12. The van der Waals surface area contributed by atoms with Gasteiger partial charge in [0.25, 0.3) is 0 Å². The van der Waals surface area contributed by atoms with Crippen LogP contribution >= 0.6 is 22.6 Å². The number of alkyl halides is 1. The molecule has 1 heterocycles. The normalized spacial score (nSPS) is 26.1. The van der Waals surface area contributed by atoms with Gasteiger partial charge in [0.15, 0.2) is 6.29 Å². The summed E-state index contributed by atoms with van der Waals surface area (Å²) in [6, 6.07) is -1.55. The predicted octanol–water partition coefficient (Wildman–Crippen LogP) is 1.52. The van der Waals surface area contributed by atoms with Gasteiger partial charge in [-0.05, 0) is 32.6 Å². The zero-order chi connectivity index (χ0) is 20.3. The summed E-state index contributed by atoms with van der Waals surface area (Å²) in [6.07, 6.45) is -1.53. The molecule has 9 heteroatoms. The van der Waals surface area contributed by atoms with Crippen LogP contribution in [0.1, 0.15) is 48.0 Å². The van der Waals surface area contributed by atoms with E-state index in [0.29, 0.717) is 6.42 Å². The van der Waals surface area contributed by atoms with Crippen molar-refractivity contribution in [3.63, 3.8) is 0 Å². The lowest BCUT2D eigenvalue weighted by molar-refractivity contribution is -0.132. The summed E-state index contributed by atoms with van der Waals surface area (Å²) in [7, 11) is 0. The second kappa shape index (κ2) is 9.03. The fourth-order valence-electron chi connectivity index (χ4n) is 2.54. The van der Waals surface area contributed by atoms with Gasteiger partial charge < -0.3 is 30.3 Å². The van der Waals surface area contributed by atoms with Gasteiger partial charge in [0, 0.05) is 5.92 Å². The lowest BCUT2D eigenvalue weighted by atomic mass is 9.86. The molecular weight excluding hydrogens is 455 g/mol. The minimum Gasteiger partial charge on any atom is -0.444 e. The maximum Gasteiger partial charge on any atom is 0.408 e. The van der Waals surface area contributed by atoms with Crippen molar-refractivity contribution in [3.8, 4) is 0 Å². The van der Waals surface area contributed by atoms with Crippen molar-refractivity contribution in [3.05, 3.63) is 0 Å². The average Bonchev–Trinajstić information content (AvgIpc) is 2.77. The van der Waals surface area contributed by atoms with Crippen LogP contribution in [-0.2, 0) is 14.3 Å². The van der Waals surface area contributed by atoms with Gasteiger partial charge in [0.1, 0.15) is 15.8 Å². The van der Waals surface area contributed by atoms with E-state index in [0.717, 1.165) is 0 Å². The smallest absolute Gasteiger partial charge is 0.408 e. The van der Waals surface area contributed by atoms with Crippen LogP contribution in [0, 0.1) is 11.3 Å². The molecule has 0 aromatic heterocycles. The van der Waals surface area contributed by atoms with Crippen LogP contribution in [0.2, 0.25) is 0 Å². The van der Waals surface area contributed by atoms with E-state index in [9.17, 15) is 19.8 Å². The number of halogens is 1. The number of nitrogens with one attached hydrogen (secondary N) is 2. The fraction of sp³-hybridized carbons (Fsp3) is 0.882. The second-order valence-corrected chi connectivity index (χ2v) is 9.96. The Morgan fingerprint density at radius 2 is 1.81 bits per heavy atom. The zero-order valence-corrected chi connectivity index (χ0v) is 18.4. The number of amides is 2. The SMILES string of the molecule is CC(C)(C)OC(=O)N[C@@H](C(=O)N[C@H](CO)C(C)(C)C)[C@@H]1C[C@H](I)OC1O. The average molecular weight is 486 g/mol. The van der Waals surface area contributed by atoms with E-state index in [1.54, 1.807) is 20.8 Å². The van der Waals surface area contributed by atoms with Gasteiger partial charge in [0.2, 0.25) is 5.91 Å².